The Morgan fingerprint density at radius 3 is 2.64 bits per heavy atom. The summed E-state index contributed by atoms with van der Waals surface area (Å²) < 4.78 is 23.8. The summed E-state index contributed by atoms with van der Waals surface area (Å²) in [5, 5.41) is 2.88. The third-order valence-corrected chi connectivity index (χ3v) is 5.87. The predicted octanol–water partition coefficient (Wildman–Crippen LogP) is 3.91. The first kappa shape index (κ1) is 21.2. The number of nitrogens with zero attached hydrogens (tertiary/aromatic N) is 3. The number of fused-ring (bicyclic) bond motifs is 1. The number of rotatable bonds is 5. The third kappa shape index (κ3) is 5.06. The number of halogens is 1. The van der Waals surface area contributed by atoms with Crippen molar-refractivity contribution in [2.45, 2.75) is 13.0 Å². The van der Waals surface area contributed by atoms with Gasteiger partial charge in [0.25, 0.3) is 5.91 Å². The van der Waals surface area contributed by atoms with Gasteiger partial charge in [0.05, 0.1) is 11.9 Å². The minimum absolute atomic E-state index is 0.173. The van der Waals surface area contributed by atoms with Gasteiger partial charge in [0.2, 0.25) is 6.79 Å². The lowest BCUT2D eigenvalue weighted by atomic mass is 10.2. The van der Waals surface area contributed by atoms with Crippen molar-refractivity contribution in [1.29, 1.82) is 0 Å². The van der Waals surface area contributed by atoms with E-state index in [1.807, 2.05) is 24.3 Å². The summed E-state index contributed by atoms with van der Waals surface area (Å²) in [6.07, 6.45) is 2.70. The van der Waals surface area contributed by atoms with E-state index in [-0.39, 0.29) is 18.5 Å². The SMILES string of the molecule is O=C(Nc1ccc(N2CCCN(Cc3ccc(F)cc3)CC2)nc1)c1ccc2c(c1)OCO2. The van der Waals surface area contributed by atoms with Gasteiger partial charge in [0.1, 0.15) is 11.6 Å². The Balaban J connectivity index is 1.17. The molecule has 7 nitrogen and oxygen atoms in total. The van der Waals surface area contributed by atoms with Crippen molar-refractivity contribution in [3.63, 3.8) is 0 Å². The van der Waals surface area contributed by atoms with E-state index in [4.69, 9.17) is 9.47 Å². The lowest BCUT2D eigenvalue weighted by Gasteiger charge is -2.23. The van der Waals surface area contributed by atoms with E-state index in [0.29, 0.717) is 22.7 Å². The first-order chi connectivity index (χ1) is 16.1. The quantitative estimate of drug-likeness (QED) is 0.638. The molecule has 8 heteroatoms. The first-order valence-corrected chi connectivity index (χ1v) is 11.0. The minimum Gasteiger partial charge on any atom is -0.454 e. The molecule has 0 bridgehead atoms. The number of carbonyl (C=O) groups is 1. The topological polar surface area (TPSA) is 66.9 Å². The van der Waals surface area contributed by atoms with Crippen molar-refractivity contribution < 1.29 is 18.7 Å². The number of anilines is 2. The minimum atomic E-state index is -0.228. The molecule has 1 amide bonds. The molecule has 3 heterocycles. The molecule has 2 aliphatic rings. The highest BCUT2D eigenvalue weighted by Crippen LogP contribution is 2.32. The van der Waals surface area contributed by atoms with E-state index in [1.54, 1.807) is 24.4 Å². The Labute approximate surface area is 191 Å². The number of ether oxygens (including phenoxy) is 2. The monoisotopic (exact) mass is 448 g/mol. The summed E-state index contributed by atoms with van der Waals surface area (Å²) in [5.74, 6) is 1.67. The smallest absolute Gasteiger partial charge is 0.255 e. The van der Waals surface area contributed by atoms with Crippen LogP contribution in [0.4, 0.5) is 15.9 Å². The van der Waals surface area contributed by atoms with E-state index in [2.05, 4.69) is 20.1 Å². The number of aromatic nitrogens is 1. The van der Waals surface area contributed by atoms with E-state index in [1.165, 1.54) is 12.1 Å². The predicted molar refractivity (Wildman–Crippen MR) is 123 cm³/mol. The van der Waals surface area contributed by atoms with Crippen LogP contribution in [0.1, 0.15) is 22.3 Å². The summed E-state index contributed by atoms with van der Waals surface area (Å²) in [6, 6.07) is 15.6. The second kappa shape index (κ2) is 9.46. The molecule has 0 aliphatic carbocycles. The van der Waals surface area contributed by atoms with Crippen LogP contribution >= 0.6 is 0 Å². The molecule has 0 unspecified atom stereocenters. The molecule has 1 N–H and O–H groups in total. The fourth-order valence-corrected chi connectivity index (χ4v) is 4.09. The van der Waals surface area contributed by atoms with Gasteiger partial charge in [-0.2, -0.15) is 0 Å². The Morgan fingerprint density at radius 2 is 1.82 bits per heavy atom. The largest absolute Gasteiger partial charge is 0.454 e. The second-order valence-corrected chi connectivity index (χ2v) is 8.17. The maximum atomic E-state index is 13.1. The van der Waals surface area contributed by atoms with Crippen molar-refractivity contribution >= 4 is 17.4 Å². The molecule has 1 fully saturated rings. The van der Waals surface area contributed by atoms with Crippen molar-refractivity contribution in [3.05, 3.63) is 77.7 Å². The highest BCUT2D eigenvalue weighted by atomic mass is 19.1. The van der Waals surface area contributed by atoms with Gasteiger partial charge in [-0.15, -0.1) is 0 Å². The Kier molecular flexibility index (Phi) is 6.08. The van der Waals surface area contributed by atoms with Gasteiger partial charge in [0, 0.05) is 38.3 Å². The first-order valence-electron chi connectivity index (χ1n) is 11.0. The van der Waals surface area contributed by atoms with Crippen LogP contribution in [-0.2, 0) is 6.54 Å². The van der Waals surface area contributed by atoms with Crippen LogP contribution in [0, 0.1) is 5.82 Å². The van der Waals surface area contributed by atoms with Crippen molar-refractivity contribution in [2.75, 3.05) is 43.2 Å². The maximum absolute atomic E-state index is 13.1. The standard InChI is InChI=1S/C25H25FN4O3/c26-20-5-2-18(3-6-20)16-29-10-1-11-30(13-12-29)24-9-7-21(15-27-24)28-25(31)19-4-8-22-23(14-19)33-17-32-22/h2-9,14-15H,1,10-13,16-17H2,(H,28,31). The molecule has 0 spiro atoms. The maximum Gasteiger partial charge on any atom is 0.255 e. The van der Waals surface area contributed by atoms with Crippen LogP contribution in [0.25, 0.3) is 0 Å². The van der Waals surface area contributed by atoms with Crippen LogP contribution in [0.15, 0.2) is 60.8 Å². The van der Waals surface area contributed by atoms with Crippen LogP contribution in [0.5, 0.6) is 11.5 Å². The van der Waals surface area contributed by atoms with Crippen molar-refractivity contribution in [3.8, 4) is 11.5 Å². The molecule has 2 aliphatic heterocycles. The van der Waals surface area contributed by atoms with Gasteiger partial charge in [0.15, 0.2) is 11.5 Å². The van der Waals surface area contributed by atoms with Gasteiger partial charge >= 0.3 is 0 Å². The number of amides is 1. The van der Waals surface area contributed by atoms with Gasteiger partial charge < -0.3 is 19.7 Å². The van der Waals surface area contributed by atoms with Crippen molar-refractivity contribution in [2.24, 2.45) is 0 Å². The van der Waals surface area contributed by atoms with E-state index < -0.39 is 0 Å². The lowest BCUT2D eigenvalue weighted by Crippen LogP contribution is -2.31. The molecule has 5 rings (SSSR count). The number of hydrogen-bond acceptors (Lipinski definition) is 6. The molecule has 3 aromatic rings. The zero-order valence-corrected chi connectivity index (χ0v) is 18.2. The third-order valence-electron chi connectivity index (χ3n) is 5.87. The Morgan fingerprint density at radius 1 is 0.970 bits per heavy atom. The molecule has 1 aromatic heterocycles. The Bertz CT molecular complexity index is 1120. The number of nitrogens with one attached hydrogen (secondary N) is 1. The van der Waals surface area contributed by atoms with Crippen LogP contribution in [0.2, 0.25) is 0 Å². The fourth-order valence-electron chi connectivity index (χ4n) is 4.09. The van der Waals surface area contributed by atoms with Crippen LogP contribution in [0.3, 0.4) is 0 Å². The normalized spacial score (nSPS) is 15.8. The highest BCUT2D eigenvalue weighted by molar-refractivity contribution is 6.04. The zero-order valence-electron chi connectivity index (χ0n) is 18.2. The summed E-state index contributed by atoms with van der Waals surface area (Å²) in [7, 11) is 0. The molecule has 0 atom stereocenters. The van der Waals surface area contributed by atoms with E-state index in [9.17, 15) is 9.18 Å². The molecule has 33 heavy (non-hydrogen) atoms. The average Bonchev–Trinajstić information content (AvgIpc) is 3.19. The lowest BCUT2D eigenvalue weighted by molar-refractivity contribution is 0.102. The van der Waals surface area contributed by atoms with Gasteiger partial charge in [-0.25, -0.2) is 9.37 Å². The Hall–Kier alpha value is -3.65. The highest BCUT2D eigenvalue weighted by Gasteiger charge is 2.18. The van der Waals surface area contributed by atoms with Gasteiger partial charge in [-0.3, -0.25) is 9.69 Å². The van der Waals surface area contributed by atoms with E-state index >= 15 is 0 Å². The number of carbonyl (C=O) groups excluding carboxylic acids is 1. The second-order valence-electron chi connectivity index (χ2n) is 8.17. The molecular formula is C25H25FN4O3. The zero-order chi connectivity index (χ0) is 22.6. The number of pyridine rings is 1. The van der Waals surface area contributed by atoms with Crippen LogP contribution < -0.4 is 19.7 Å². The van der Waals surface area contributed by atoms with Crippen LogP contribution in [-0.4, -0.2) is 48.8 Å². The summed E-state index contributed by atoms with van der Waals surface area (Å²) in [5.41, 5.74) is 2.25. The fraction of sp³-hybridized carbons (Fsp3) is 0.280. The summed E-state index contributed by atoms with van der Waals surface area (Å²) in [4.78, 5) is 21.8. The average molecular weight is 448 g/mol. The molecule has 170 valence electrons. The molecule has 0 radical (unpaired) electrons. The van der Waals surface area contributed by atoms with Gasteiger partial charge in [-0.05, 0) is 54.4 Å². The van der Waals surface area contributed by atoms with Gasteiger partial charge in [-0.1, -0.05) is 12.1 Å². The number of hydrogen-bond donors (Lipinski definition) is 1. The molecule has 1 saturated heterocycles. The van der Waals surface area contributed by atoms with Crippen molar-refractivity contribution in [1.82, 2.24) is 9.88 Å². The number of benzene rings is 2. The molecular weight excluding hydrogens is 423 g/mol. The molecule has 0 saturated carbocycles. The summed E-state index contributed by atoms with van der Waals surface area (Å²) in [6.45, 7) is 4.64. The van der Waals surface area contributed by atoms with E-state index in [0.717, 1.165) is 50.5 Å². The molecule has 2 aromatic carbocycles. The summed E-state index contributed by atoms with van der Waals surface area (Å²) >= 11 is 0.